The summed E-state index contributed by atoms with van der Waals surface area (Å²) in [5.41, 5.74) is 0.374. The van der Waals surface area contributed by atoms with Crippen LogP contribution in [0.2, 0.25) is 0 Å². The predicted octanol–water partition coefficient (Wildman–Crippen LogP) is 2.73. The molecule has 2 rings (SSSR count). The summed E-state index contributed by atoms with van der Waals surface area (Å²) in [6.45, 7) is 0.848. The fraction of sp³-hybridized carbons (Fsp3) is 0.250. The Balaban J connectivity index is 2.03. The monoisotopic (exact) mass is 392 g/mol. The molecule has 0 radical (unpaired) electrons. The first-order valence-corrected chi connectivity index (χ1v) is 8.96. The van der Waals surface area contributed by atoms with Gasteiger partial charge in [0.05, 0.1) is 22.3 Å². The molecule has 21 heavy (non-hydrogen) atoms. The van der Waals surface area contributed by atoms with E-state index in [1.54, 1.807) is 25.3 Å². The molecule has 0 unspecified atom stereocenters. The van der Waals surface area contributed by atoms with Gasteiger partial charge in [-0.05, 0) is 34.1 Å². The molecule has 2 aromatic rings. The third-order valence-corrected chi connectivity index (χ3v) is 5.84. The van der Waals surface area contributed by atoms with Gasteiger partial charge in [-0.3, -0.25) is 4.72 Å². The van der Waals surface area contributed by atoms with E-state index in [2.05, 4.69) is 25.6 Å². The van der Waals surface area contributed by atoms with Crippen LogP contribution in [0, 0.1) is 0 Å². The van der Waals surface area contributed by atoms with Gasteiger partial charge in [0.2, 0.25) is 5.88 Å². The lowest BCUT2D eigenvalue weighted by molar-refractivity contribution is 0.144. The molecule has 0 aliphatic rings. The van der Waals surface area contributed by atoms with Gasteiger partial charge in [0.1, 0.15) is 10.8 Å². The highest BCUT2D eigenvalue weighted by atomic mass is 79.9. The molecule has 6 nitrogen and oxygen atoms in total. The van der Waals surface area contributed by atoms with Crippen molar-refractivity contribution in [2.45, 2.75) is 4.21 Å². The Kier molecular flexibility index (Phi) is 5.57. The van der Waals surface area contributed by atoms with Gasteiger partial charge in [-0.25, -0.2) is 13.4 Å². The normalized spacial score (nSPS) is 11.3. The van der Waals surface area contributed by atoms with E-state index in [9.17, 15) is 8.42 Å². The summed E-state index contributed by atoms with van der Waals surface area (Å²) in [6, 6.07) is 6.41. The van der Waals surface area contributed by atoms with E-state index in [1.807, 2.05) is 0 Å². The minimum absolute atomic E-state index is 0.231. The predicted molar refractivity (Wildman–Crippen MR) is 84.4 cm³/mol. The van der Waals surface area contributed by atoms with Gasteiger partial charge >= 0.3 is 0 Å². The Morgan fingerprint density at radius 3 is 2.67 bits per heavy atom. The van der Waals surface area contributed by atoms with Crippen LogP contribution < -0.4 is 9.46 Å². The Labute approximate surface area is 135 Å². The van der Waals surface area contributed by atoms with Crippen LogP contribution in [0.4, 0.5) is 5.69 Å². The topological polar surface area (TPSA) is 77.5 Å². The van der Waals surface area contributed by atoms with E-state index in [4.69, 9.17) is 9.47 Å². The number of anilines is 1. The van der Waals surface area contributed by atoms with Gasteiger partial charge in [0.15, 0.2) is 0 Å². The van der Waals surface area contributed by atoms with Crippen molar-refractivity contribution in [3.63, 3.8) is 0 Å². The highest BCUT2D eigenvalue weighted by molar-refractivity contribution is 9.11. The van der Waals surface area contributed by atoms with Gasteiger partial charge < -0.3 is 9.47 Å². The van der Waals surface area contributed by atoms with Crippen LogP contribution >= 0.6 is 27.3 Å². The van der Waals surface area contributed by atoms with E-state index in [1.165, 1.54) is 12.3 Å². The largest absolute Gasteiger partial charge is 0.475 e. The van der Waals surface area contributed by atoms with Crippen molar-refractivity contribution in [1.29, 1.82) is 0 Å². The third kappa shape index (κ3) is 4.67. The number of methoxy groups -OCH3 is 1. The molecule has 0 aliphatic heterocycles. The van der Waals surface area contributed by atoms with Crippen LogP contribution in [0.3, 0.4) is 0 Å². The van der Waals surface area contributed by atoms with Crippen molar-refractivity contribution >= 4 is 43.0 Å². The van der Waals surface area contributed by atoms with Crippen molar-refractivity contribution in [2.75, 3.05) is 25.0 Å². The van der Waals surface area contributed by atoms with Gasteiger partial charge in [0.25, 0.3) is 10.0 Å². The summed E-state index contributed by atoms with van der Waals surface area (Å²) in [4.78, 5) is 4.02. The van der Waals surface area contributed by atoms with Gasteiger partial charge in [0, 0.05) is 13.2 Å². The fourth-order valence-corrected chi connectivity index (χ4v) is 4.46. The lowest BCUT2D eigenvalue weighted by Crippen LogP contribution is -2.11. The molecule has 2 aromatic heterocycles. The molecule has 0 saturated carbocycles. The number of ether oxygens (including phenoxy) is 2. The van der Waals surface area contributed by atoms with Crippen LogP contribution in [-0.4, -0.2) is 33.7 Å². The first-order chi connectivity index (χ1) is 10.0. The standard InChI is InChI=1S/C12H13BrN2O4S2/c1-18-6-7-19-11-4-2-9(8-14-11)15-21(16,17)12-5-3-10(13)20-12/h2-5,8,15H,6-7H2,1H3. The summed E-state index contributed by atoms with van der Waals surface area (Å²) in [5, 5.41) is 0. The van der Waals surface area contributed by atoms with Crippen molar-refractivity contribution in [3.8, 4) is 5.88 Å². The summed E-state index contributed by atoms with van der Waals surface area (Å²) >= 11 is 4.37. The zero-order valence-electron chi connectivity index (χ0n) is 11.1. The van der Waals surface area contributed by atoms with E-state index in [0.29, 0.717) is 24.8 Å². The van der Waals surface area contributed by atoms with Crippen LogP contribution in [0.1, 0.15) is 0 Å². The molecule has 0 saturated heterocycles. The maximum absolute atomic E-state index is 12.1. The third-order valence-electron chi connectivity index (χ3n) is 2.34. The second-order valence-electron chi connectivity index (χ2n) is 3.89. The van der Waals surface area contributed by atoms with E-state index >= 15 is 0 Å². The highest BCUT2D eigenvalue weighted by Crippen LogP contribution is 2.27. The minimum atomic E-state index is -3.59. The number of aromatic nitrogens is 1. The minimum Gasteiger partial charge on any atom is -0.475 e. The maximum atomic E-state index is 12.1. The molecule has 2 heterocycles. The van der Waals surface area contributed by atoms with Crippen LogP contribution in [0.25, 0.3) is 0 Å². The van der Waals surface area contributed by atoms with Gasteiger partial charge in [-0.15, -0.1) is 11.3 Å². The molecule has 0 atom stereocenters. The first-order valence-electron chi connectivity index (χ1n) is 5.87. The number of hydrogen-bond acceptors (Lipinski definition) is 6. The summed E-state index contributed by atoms with van der Waals surface area (Å²) in [5.74, 6) is 0.411. The zero-order chi connectivity index (χ0) is 15.3. The maximum Gasteiger partial charge on any atom is 0.271 e. The molecule has 0 fully saturated rings. The number of thiophene rings is 1. The second-order valence-corrected chi connectivity index (χ2v) is 8.26. The first kappa shape index (κ1) is 16.2. The second kappa shape index (κ2) is 7.21. The number of pyridine rings is 1. The summed E-state index contributed by atoms with van der Waals surface area (Å²) in [6.07, 6.45) is 1.41. The number of nitrogens with zero attached hydrogens (tertiary/aromatic N) is 1. The van der Waals surface area contributed by atoms with Crippen molar-refractivity contribution < 1.29 is 17.9 Å². The number of halogens is 1. The molecular weight excluding hydrogens is 380 g/mol. The van der Waals surface area contributed by atoms with E-state index < -0.39 is 10.0 Å². The molecule has 0 aromatic carbocycles. The van der Waals surface area contributed by atoms with Gasteiger partial charge in [-0.1, -0.05) is 0 Å². The molecule has 1 N–H and O–H groups in total. The summed E-state index contributed by atoms with van der Waals surface area (Å²) < 4.78 is 37.8. The number of sulfonamides is 1. The van der Waals surface area contributed by atoms with E-state index in [0.717, 1.165) is 15.1 Å². The van der Waals surface area contributed by atoms with Crippen LogP contribution in [0.5, 0.6) is 5.88 Å². The van der Waals surface area contributed by atoms with Crippen molar-refractivity contribution in [1.82, 2.24) is 4.98 Å². The number of hydrogen-bond donors (Lipinski definition) is 1. The Hall–Kier alpha value is -1.16. The molecule has 0 bridgehead atoms. The Bertz CT molecular complexity index is 686. The average Bonchev–Trinajstić information content (AvgIpc) is 2.88. The molecule has 0 aliphatic carbocycles. The molecular formula is C12H13BrN2O4S2. The molecule has 9 heteroatoms. The fourth-order valence-electron chi connectivity index (χ4n) is 1.40. The lowest BCUT2D eigenvalue weighted by atomic mass is 10.4. The number of nitrogens with one attached hydrogen (secondary N) is 1. The Morgan fingerprint density at radius 1 is 1.29 bits per heavy atom. The van der Waals surface area contributed by atoms with Crippen molar-refractivity contribution in [3.05, 3.63) is 34.2 Å². The van der Waals surface area contributed by atoms with Crippen LogP contribution in [0.15, 0.2) is 38.5 Å². The Morgan fingerprint density at radius 2 is 2.10 bits per heavy atom. The quantitative estimate of drug-likeness (QED) is 0.732. The molecule has 0 spiro atoms. The van der Waals surface area contributed by atoms with Crippen LogP contribution in [-0.2, 0) is 14.8 Å². The van der Waals surface area contributed by atoms with E-state index in [-0.39, 0.29) is 4.21 Å². The highest BCUT2D eigenvalue weighted by Gasteiger charge is 2.16. The average molecular weight is 393 g/mol. The lowest BCUT2D eigenvalue weighted by Gasteiger charge is -2.07. The molecule has 114 valence electrons. The number of rotatable bonds is 7. The zero-order valence-corrected chi connectivity index (χ0v) is 14.3. The van der Waals surface area contributed by atoms with Crippen molar-refractivity contribution in [2.24, 2.45) is 0 Å². The SMILES string of the molecule is COCCOc1ccc(NS(=O)(=O)c2ccc(Br)s2)cn1. The summed E-state index contributed by atoms with van der Waals surface area (Å²) in [7, 11) is -2.01. The van der Waals surface area contributed by atoms with Gasteiger partial charge in [-0.2, -0.15) is 0 Å². The molecule has 0 amide bonds. The smallest absolute Gasteiger partial charge is 0.271 e.